The van der Waals surface area contributed by atoms with Crippen molar-refractivity contribution in [2.24, 2.45) is 0 Å². The molecule has 8 heteroatoms. The van der Waals surface area contributed by atoms with Crippen LogP contribution in [0.5, 0.6) is 11.5 Å². The van der Waals surface area contributed by atoms with Crippen LogP contribution in [-0.4, -0.2) is 26.4 Å². The highest BCUT2D eigenvalue weighted by molar-refractivity contribution is 5.89. The quantitative estimate of drug-likeness (QED) is 0.490. The summed E-state index contributed by atoms with van der Waals surface area (Å²) in [5, 5.41) is 12.5. The molecule has 0 N–H and O–H groups in total. The predicted octanol–water partition coefficient (Wildman–Crippen LogP) is 5.81. The van der Waals surface area contributed by atoms with E-state index in [1.165, 1.54) is 31.4 Å². The van der Waals surface area contributed by atoms with Gasteiger partial charge < -0.3 is 9.47 Å². The molecular formula is C25H20F3N3O2. The first-order chi connectivity index (χ1) is 15.9. The van der Waals surface area contributed by atoms with E-state index in [0.29, 0.717) is 17.2 Å². The molecule has 0 aliphatic carbocycles. The van der Waals surface area contributed by atoms with Gasteiger partial charge in [0.25, 0.3) is 0 Å². The summed E-state index contributed by atoms with van der Waals surface area (Å²) in [7, 11) is 2.96. The standard InChI is InChI=1S/C25H20F3N3O2/c1-32-20-12-8-17(9-13-20)23-22(16-29)30(18-6-4-3-5-7-18)31(24(23)25(26,27)28)19-10-14-21(33-2)15-11-19/h3-15,24H,1-2H3. The third kappa shape index (κ3) is 4.05. The number of rotatable bonds is 5. The Hall–Kier alpha value is -4.12. The number of hydrogen-bond donors (Lipinski definition) is 0. The van der Waals surface area contributed by atoms with Crippen molar-refractivity contribution in [2.45, 2.75) is 12.2 Å². The summed E-state index contributed by atoms with van der Waals surface area (Å²) in [5.74, 6) is 1.02. The van der Waals surface area contributed by atoms with Crippen LogP contribution in [0.25, 0.3) is 5.57 Å². The number of ether oxygens (including phenoxy) is 2. The second kappa shape index (κ2) is 8.79. The molecule has 0 radical (unpaired) electrons. The largest absolute Gasteiger partial charge is 0.497 e. The van der Waals surface area contributed by atoms with Crippen molar-refractivity contribution >= 4 is 16.9 Å². The van der Waals surface area contributed by atoms with Crippen LogP contribution in [0.2, 0.25) is 0 Å². The van der Waals surface area contributed by atoms with Gasteiger partial charge in [0, 0.05) is 5.57 Å². The van der Waals surface area contributed by atoms with Crippen LogP contribution in [0.15, 0.2) is 84.6 Å². The van der Waals surface area contributed by atoms with E-state index in [0.717, 1.165) is 5.01 Å². The zero-order valence-corrected chi connectivity index (χ0v) is 17.9. The number of allylic oxidation sites excluding steroid dienone is 1. The van der Waals surface area contributed by atoms with Crippen molar-refractivity contribution in [1.29, 1.82) is 5.26 Å². The van der Waals surface area contributed by atoms with Gasteiger partial charge in [0.1, 0.15) is 23.3 Å². The lowest BCUT2D eigenvalue weighted by molar-refractivity contribution is -0.134. The third-order valence-electron chi connectivity index (χ3n) is 5.36. The van der Waals surface area contributed by atoms with E-state index >= 15 is 0 Å². The molecule has 0 fully saturated rings. The van der Waals surface area contributed by atoms with Crippen molar-refractivity contribution in [3.63, 3.8) is 0 Å². The molecule has 1 aliphatic rings. The Morgan fingerprint density at radius 3 is 1.82 bits per heavy atom. The van der Waals surface area contributed by atoms with Crippen molar-refractivity contribution in [2.75, 3.05) is 24.2 Å². The van der Waals surface area contributed by atoms with Crippen LogP contribution in [0.4, 0.5) is 24.5 Å². The highest BCUT2D eigenvalue weighted by Gasteiger charge is 2.54. The topological polar surface area (TPSA) is 48.7 Å². The molecular weight excluding hydrogens is 431 g/mol. The van der Waals surface area contributed by atoms with E-state index in [-0.39, 0.29) is 22.5 Å². The first-order valence-electron chi connectivity index (χ1n) is 10.0. The number of halogens is 3. The molecule has 168 valence electrons. The fraction of sp³-hybridized carbons (Fsp3) is 0.160. The fourth-order valence-corrected chi connectivity index (χ4v) is 3.89. The van der Waals surface area contributed by atoms with Gasteiger partial charge in [0.05, 0.1) is 25.6 Å². The van der Waals surface area contributed by atoms with E-state index in [1.807, 2.05) is 6.07 Å². The molecule has 0 saturated heterocycles. The summed E-state index contributed by atoms with van der Waals surface area (Å²) >= 11 is 0. The zero-order chi connectivity index (χ0) is 23.6. The van der Waals surface area contributed by atoms with Crippen LogP contribution < -0.4 is 19.5 Å². The number of nitriles is 1. The average molecular weight is 451 g/mol. The smallest absolute Gasteiger partial charge is 0.415 e. The summed E-state index contributed by atoms with van der Waals surface area (Å²) in [6, 6.07) is 20.9. The van der Waals surface area contributed by atoms with Crippen molar-refractivity contribution < 1.29 is 22.6 Å². The van der Waals surface area contributed by atoms with Crippen molar-refractivity contribution in [1.82, 2.24) is 0 Å². The lowest BCUT2D eigenvalue weighted by Crippen LogP contribution is -2.50. The van der Waals surface area contributed by atoms with Crippen LogP contribution in [0.3, 0.4) is 0 Å². The third-order valence-corrected chi connectivity index (χ3v) is 5.36. The minimum atomic E-state index is -4.68. The number of para-hydroxylation sites is 1. The average Bonchev–Trinajstić information content (AvgIpc) is 3.20. The molecule has 1 unspecified atom stereocenters. The predicted molar refractivity (Wildman–Crippen MR) is 120 cm³/mol. The number of hydrazine groups is 1. The van der Waals surface area contributed by atoms with Gasteiger partial charge in [0.15, 0.2) is 6.04 Å². The molecule has 1 atom stereocenters. The van der Waals surface area contributed by atoms with Crippen LogP contribution >= 0.6 is 0 Å². The Kier molecular flexibility index (Phi) is 5.88. The molecule has 3 aromatic rings. The molecule has 33 heavy (non-hydrogen) atoms. The second-order valence-corrected chi connectivity index (χ2v) is 7.24. The monoisotopic (exact) mass is 451 g/mol. The Balaban J connectivity index is 1.98. The van der Waals surface area contributed by atoms with E-state index in [9.17, 15) is 18.4 Å². The molecule has 1 aliphatic heterocycles. The van der Waals surface area contributed by atoms with E-state index in [1.54, 1.807) is 66.7 Å². The minimum Gasteiger partial charge on any atom is -0.497 e. The van der Waals surface area contributed by atoms with Crippen molar-refractivity contribution in [3.8, 4) is 17.6 Å². The van der Waals surface area contributed by atoms with Gasteiger partial charge in [-0.15, -0.1) is 0 Å². The van der Waals surface area contributed by atoms with E-state index < -0.39 is 12.2 Å². The van der Waals surface area contributed by atoms with E-state index in [2.05, 4.69) is 0 Å². The molecule has 4 rings (SSSR count). The summed E-state index contributed by atoms with van der Waals surface area (Å²) in [6.07, 6.45) is -4.68. The Bertz CT molecular complexity index is 1180. The summed E-state index contributed by atoms with van der Waals surface area (Å²) < 4.78 is 54.3. The number of alkyl halides is 3. The Morgan fingerprint density at radius 1 is 0.788 bits per heavy atom. The Morgan fingerprint density at radius 2 is 1.33 bits per heavy atom. The van der Waals surface area contributed by atoms with Gasteiger partial charge in [-0.2, -0.15) is 18.4 Å². The SMILES string of the molecule is COc1ccc(C2=C(C#N)N(c3ccccc3)N(c3ccc(OC)cc3)C2C(F)(F)F)cc1. The highest BCUT2D eigenvalue weighted by atomic mass is 19.4. The fourth-order valence-electron chi connectivity index (χ4n) is 3.89. The number of methoxy groups -OCH3 is 2. The second-order valence-electron chi connectivity index (χ2n) is 7.24. The van der Waals surface area contributed by atoms with Gasteiger partial charge in [-0.1, -0.05) is 30.3 Å². The summed E-state index contributed by atoms with van der Waals surface area (Å²) in [6.45, 7) is 0. The maximum atomic E-state index is 14.7. The van der Waals surface area contributed by atoms with Crippen LogP contribution in [0, 0.1) is 11.3 Å². The maximum Gasteiger partial charge on any atom is 0.415 e. The normalized spacial score (nSPS) is 16.1. The molecule has 0 aromatic heterocycles. The number of nitrogens with zero attached hydrogens (tertiary/aromatic N) is 3. The summed E-state index contributed by atoms with van der Waals surface area (Å²) in [5.41, 5.74) is 0.740. The van der Waals surface area contributed by atoms with Gasteiger partial charge in [-0.25, -0.2) is 5.01 Å². The molecule has 0 bridgehead atoms. The van der Waals surface area contributed by atoms with Gasteiger partial charge in [0.2, 0.25) is 0 Å². The van der Waals surface area contributed by atoms with E-state index in [4.69, 9.17) is 9.47 Å². The molecule has 0 saturated carbocycles. The molecule has 3 aromatic carbocycles. The van der Waals surface area contributed by atoms with Crippen molar-refractivity contribution in [3.05, 3.63) is 90.1 Å². The van der Waals surface area contributed by atoms with Crippen LogP contribution in [0.1, 0.15) is 5.56 Å². The minimum absolute atomic E-state index is 0.107. The first kappa shape index (κ1) is 22.1. The zero-order valence-electron chi connectivity index (χ0n) is 17.9. The maximum absolute atomic E-state index is 14.7. The highest BCUT2D eigenvalue weighted by Crippen LogP contribution is 2.47. The number of anilines is 2. The van der Waals surface area contributed by atoms with Gasteiger partial charge in [-0.05, 0) is 54.1 Å². The Labute approximate surface area is 189 Å². The lowest BCUT2D eigenvalue weighted by Gasteiger charge is -2.37. The summed E-state index contributed by atoms with van der Waals surface area (Å²) in [4.78, 5) is 0. The molecule has 0 amide bonds. The lowest BCUT2D eigenvalue weighted by atomic mass is 9.96. The van der Waals surface area contributed by atoms with Gasteiger partial charge in [-0.3, -0.25) is 5.01 Å². The molecule has 5 nitrogen and oxygen atoms in total. The van der Waals surface area contributed by atoms with Crippen LogP contribution in [-0.2, 0) is 0 Å². The molecule has 1 heterocycles. The number of benzene rings is 3. The number of hydrogen-bond acceptors (Lipinski definition) is 5. The first-order valence-corrected chi connectivity index (χ1v) is 10.0. The van der Waals surface area contributed by atoms with Gasteiger partial charge >= 0.3 is 6.18 Å². The molecule has 0 spiro atoms.